The first kappa shape index (κ1) is 106. The Kier molecular flexibility index (Phi) is 78.8. The smallest absolute Gasteiger partial charge is 0.462 e. The van der Waals surface area contributed by atoms with Gasteiger partial charge in [-0.3, -0.25) is 37.3 Å². The number of phosphoric ester groups is 2. The summed E-state index contributed by atoms with van der Waals surface area (Å²) in [6.45, 7) is 9.71. The van der Waals surface area contributed by atoms with E-state index >= 15 is 0 Å². The summed E-state index contributed by atoms with van der Waals surface area (Å²) in [5, 5.41) is 10.7. The molecule has 0 aliphatic carbocycles. The number of carbonyl (C=O) groups excluding carboxylic acids is 4. The third-order valence-corrected chi connectivity index (χ3v) is 22.9. The number of aliphatic hydroxyl groups excluding tert-OH is 1. The van der Waals surface area contributed by atoms with Crippen LogP contribution in [-0.2, 0) is 65.4 Å². The van der Waals surface area contributed by atoms with Crippen LogP contribution in [0.1, 0.15) is 478 Å². The molecule has 0 rings (SSSR count). The summed E-state index contributed by atoms with van der Waals surface area (Å²) < 4.78 is 69.0. The normalized spacial score (nSPS) is 13.8. The SMILES string of the molecule is CCCCCCCCCCCCCCCCCCCCC(=O)OC[C@H](COP(=O)(O)OC[C@@H](O)COP(=O)(O)OC[C@@H](COC(=O)CCCCCCCCCCCC(C)C)OC(=O)CCCCCCCCCCCCCCCCCCC)OC(=O)CCCCCCCCCCCCCCCCCCCCC(C)C. The van der Waals surface area contributed by atoms with Gasteiger partial charge in [0.1, 0.15) is 19.3 Å². The lowest BCUT2D eigenvalue weighted by molar-refractivity contribution is -0.161. The maximum atomic E-state index is 13.2. The second-order valence-electron chi connectivity index (χ2n) is 32.9. The van der Waals surface area contributed by atoms with Crippen molar-refractivity contribution in [3.05, 3.63) is 0 Å². The summed E-state index contributed by atoms with van der Waals surface area (Å²) in [6.07, 6.45) is 73.6. The van der Waals surface area contributed by atoms with E-state index in [1.807, 2.05) is 0 Å². The van der Waals surface area contributed by atoms with Gasteiger partial charge in [0.05, 0.1) is 26.4 Å². The van der Waals surface area contributed by atoms with Crippen LogP contribution in [0.15, 0.2) is 0 Å². The monoisotopic (exact) mass is 1580 g/mol. The quantitative estimate of drug-likeness (QED) is 0.0222. The Morgan fingerprint density at radius 1 is 0.250 bits per heavy atom. The molecule has 0 heterocycles. The Bertz CT molecular complexity index is 2060. The zero-order valence-electron chi connectivity index (χ0n) is 71.2. The summed E-state index contributed by atoms with van der Waals surface area (Å²) in [5.41, 5.74) is 0. The molecule has 0 amide bonds. The maximum absolute atomic E-state index is 13.2. The topological polar surface area (TPSA) is 237 Å². The number of phosphoric acid groups is 2. The highest BCUT2D eigenvalue weighted by Crippen LogP contribution is 2.45. The van der Waals surface area contributed by atoms with Crippen LogP contribution in [0.5, 0.6) is 0 Å². The first-order valence-electron chi connectivity index (χ1n) is 46.0. The summed E-state index contributed by atoms with van der Waals surface area (Å²) in [5.74, 6) is -0.533. The van der Waals surface area contributed by atoms with E-state index in [0.29, 0.717) is 25.7 Å². The Morgan fingerprint density at radius 3 is 0.630 bits per heavy atom. The van der Waals surface area contributed by atoms with E-state index in [0.717, 1.165) is 102 Å². The molecular formula is C89H174O17P2. The van der Waals surface area contributed by atoms with E-state index in [2.05, 4.69) is 41.5 Å². The minimum atomic E-state index is -4.97. The molecule has 0 aromatic rings. The van der Waals surface area contributed by atoms with Crippen molar-refractivity contribution in [1.29, 1.82) is 0 Å². The molecule has 0 aliphatic rings. The van der Waals surface area contributed by atoms with Gasteiger partial charge in [0.2, 0.25) is 0 Å². The minimum Gasteiger partial charge on any atom is -0.462 e. The van der Waals surface area contributed by atoms with Crippen LogP contribution in [0.3, 0.4) is 0 Å². The van der Waals surface area contributed by atoms with Gasteiger partial charge in [-0.25, -0.2) is 9.13 Å². The fraction of sp³-hybridized carbons (Fsp3) is 0.955. The van der Waals surface area contributed by atoms with Crippen molar-refractivity contribution in [2.75, 3.05) is 39.6 Å². The van der Waals surface area contributed by atoms with Gasteiger partial charge in [-0.1, -0.05) is 427 Å². The number of esters is 4. The molecule has 0 radical (unpaired) electrons. The van der Waals surface area contributed by atoms with Gasteiger partial charge in [0, 0.05) is 25.7 Å². The highest BCUT2D eigenvalue weighted by Gasteiger charge is 2.31. The van der Waals surface area contributed by atoms with E-state index < -0.39 is 97.5 Å². The minimum absolute atomic E-state index is 0.108. The lowest BCUT2D eigenvalue weighted by Crippen LogP contribution is -2.30. The molecule has 0 saturated carbocycles. The van der Waals surface area contributed by atoms with Gasteiger partial charge >= 0.3 is 39.5 Å². The van der Waals surface area contributed by atoms with Crippen LogP contribution in [0.25, 0.3) is 0 Å². The average Bonchev–Trinajstić information content (AvgIpc) is 0.904. The molecular weight excluding hydrogens is 1400 g/mol. The van der Waals surface area contributed by atoms with Crippen LogP contribution in [0.4, 0.5) is 0 Å². The third kappa shape index (κ3) is 82.1. The zero-order valence-corrected chi connectivity index (χ0v) is 73.0. The molecule has 108 heavy (non-hydrogen) atoms. The zero-order chi connectivity index (χ0) is 79.2. The highest BCUT2D eigenvalue weighted by atomic mass is 31.2. The molecule has 5 atom stereocenters. The van der Waals surface area contributed by atoms with Gasteiger partial charge in [-0.05, 0) is 37.5 Å². The van der Waals surface area contributed by atoms with Crippen LogP contribution >= 0.6 is 15.6 Å². The van der Waals surface area contributed by atoms with Crippen LogP contribution < -0.4 is 0 Å². The summed E-state index contributed by atoms with van der Waals surface area (Å²) in [7, 11) is -9.93. The summed E-state index contributed by atoms with van der Waals surface area (Å²) in [6, 6.07) is 0. The predicted molar refractivity (Wildman–Crippen MR) is 446 cm³/mol. The lowest BCUT2D eigenvalue weighted by Gasteiger charge is -2.21. The number of ether oxygens (including phenoxy) is 4. The van der Waals surface area contributed by atoms with Gasteiger partial charge in [-0.2, -0.15) is 0 Å². The number of hydrogen-bond donors (Lipinski definition) is 3. The number of unbranched alkanes of at least 4 members (excludes halogenated alkanes) is 58. The maximum Gasteiger partial charge on any atom is 0.472 e. The van der Waals surface area contributed by atoms with E-state index in [9.17, 15) is 43.2 Å². The predicted octanol–water partition coefficient (Wildman–Crippen LogP) is 27.4. The van der Waals surface area contributed by atoms with Gasteiger partial charge < -0.3 is 33.8 Å². The van der Waals surface area contributed by atoms with Crippen molar-refractivity contribution in [3.8, 4) is 0 Å². The molecule has 17 nitrogen and oxygen atoms in total. The third-order valence-electron chi connectivity index (χ3n) is 21.0. The second-order valence-corrected chi connectivity index (χ2v) is 35.8. The van der Waals surface area contributed by atoms with E-state index in [-0.39, 0.29) is 25.7 Å². The van der Waals surface area contributed by atoms with Gasteiger partial charge in [-0.15, -0.1) is 0 Å². The standard InChI is InChI=1S/C89H174O17P2/c1-7-9-11-13-15-17-19-21-23-25-30-33-37-41-47-53-59-65-71-86(91)99-77-84(105-88(93)74-68-62-56-49-43-39-35-31-27-26-29-32-36-40-45-51-57-63-69-81(3)4)79-103-107(95,96)101-75-83(90)76-102-108(97,98)104-80-85(78-100-87(92)72-66-60-54-50-44-46-52-58-64-70-82(5)6)106-89(94)73-67-61-55-48-42-38-34-28-24-22-20-18-16-14-12-10-8-2/h81-85,90H,7-80H2,1-6H3,(H,95,96)(H,97,98)/t83-,84-,85-/m1/s1. The molecule has 2 unspecified atom stereocenters. The molecule has 3 N–H and O–H groups in total. The van der Waals surface area contributed by atoms with E-state index in [1.165, 1.54) is 295 Å². The number of hydrogen-bond acceptors (Lipinski definition) is 15. The second kappa shape index (κ2) is 80.3. The van der Waals surface area contributed by atoms with Crippen LogP contribution in [-0.4, -0.2) is 96.7 Å². The Balaban J connectivity index is 5.25. The van der Waals surface area contributed by atoms with Crippen molar-refractivity contribution in [2.24, 2.45) is 11.8 Å². The number of carbonyl (C=O) groups is 4. The van der Waals surface area contributed by atoms with Crippen molar-refractivity contribution in [1.82, 2.24) is 0 Å². The Morgan fingerprint density at radius 2 is 0.426 bits per heavy atom. The lowest BCUT2D eigenvalue weighted by atomic mass is 10.0. The fourth-order valence-electron chi connectivity index (χ4n) is 14.0. The van der Waals surface area contributed by atoms with Crippen LogP contribution in [0.2, 0.25) is 0 Å². The van der Waals surface area contributed by atoms with Crippen molar-refractivity contribution < 1.29 is 80.2 Å². The average molecular weight is 1580 g/mol. The first-order valence-corrected chi connectivity index (χ1v) is 49.0. The molecule has 0 saturated heterocycles. The summed E-state index contributed by atoms with van der Waals surface area (Å²) >= 11 is 0. The van der Waals surface area contributed by atoms with Crippen LogP contribution in [0, 0.1) is 11.8 Å². The van der Waals surface area contributed by atoms with E-state index in [4.69, 9.17) is 37.0 Å². The molecule has 19 heteroatoms. The van der Waals surface area contributed by atoms with Crippen molar-refractivity contribution in [3.63, 3.8) is 0 Å². The molecule has 0 bridgehead atoms. The molecule has 0 aromatic carbocycles. The highest BCUT2D eigenvalue weighted by molar-refractivity contribution is 7.47. The Labute approximate surface area is 664 Å². The number of rotatable bonds is 88. The number of aliphatic hydroxyl groups is 1. The van der Waals surface area contributed by atoms with Gasteiger partial charge in [0.15, 0.2) is 12.2 Å². The molecule has 642 valence electrons. The molecule has 0 aliphatic heterocycles. The Hall–Kier alpha value is -1.94. The van der Waals surface area contributed by atoms with Crippen molar-refractivity contribution >= 4 is 39.5 Å². The first-order chi connectivity index (χ1) is 52.4. The van der Waals surface area contributed by atoms with Crippen molar-refractivity contribution in [2.45, 2.75) is 496 Å². The molecule has 0 fully saturated rings. The largest absolute Gasteiger partial charge is 0.472 e. The molecule has 0 spiro atoms. The van der Waals surface area contributed by atoms with E-state index in [1.54, 1.807) is 0 Å². The molecule has 0 aromatic heterocycles. The fourth-order valence-corrected chi connectivity index (χ4v) is 15.5. The van der Waals surface area contributed by atoms with Gasteiger partial charge in [0.25, 0.3) is 0 Å². The summed E-state index contributed by atoms with van der Waals surface area (Å²) in [4.78, 5) is 73.4.